The number of fused-ring (bicyclic) bond motifs is 3. The van der Waals surface area contributed by atoms with Crippen molar-refractivity contribution in [3.63, 3.8) is 0 Å². The molecule has 5 aromatic rings. The quantitative estimate of drug-likeness (QED) is 0.218. The molecule has 7 rings (SSSR count). The summed E-state index contributed by atoms with van der Waals surface area (Å²) in [5.41, 5.74) is 1.69. The number of thioether (sulfide) groups is 1. The minimum Gasteiger partial charge on any atom is -0.324 e. The van der Waals surface area contributed by atoms with Crippen LogP contribution in [-0.2, 0) is 20.9 Å². The van der Waals surface area contributed by atoms with Crippen LogP contribution in [0.1, 0.15) is 16.4 Å². The normalized spacial score (nSPS) is 19.4. The van der Waals surface area contributed by atoms with Crippen LogP contribution in [0.3, 0.4) is 0 Å². The first kappa shape index (κ1) is 27.8. The molecule has 0 saturated carbocycles. The van der Waals surface area contributed by atoms with Gasteiger partial charge in [-0.1, -0.05) is 87.6 Å². The van der Waals surface area contributed by atoms with E-state index >= 15 is 0 Å². The van der Waals surface area contributed by atoms with E-state index < -0.39 is 34.7 Å². The zero-order valence-electron chi connectivity index (χ0n) is 22.2. The number of hydrogen-bond acceptors (Lipinski definition) is 6. The van der Waals surface area contributed by atoms with Crippen molar-refractivity contribution >= 4 is 78.9 Å². The maximum atomic E-state index is 13.9. The lowest BCUT2D eigenvalue weighted by Gasteiger charge is -2.30. The molecule has 1 saturated heterocycles. The van der Waals surface area contributed by atoms with Crippen LogP contribution in [0, 0.1) is 11.7 Å². The monoisotopic (exact) mass is 673 g/mol. The number of halogens is 2. The predicted octanol–water partition coefficient (Wildman–Crippen LogP) is 6.40. The minimum absolute atomic E-state index is 0.255. The summed E-state index contributed by atoms with van der Waals surface area (Å²) in [5, 5.41) is 4.45. The molecule has 2 aliphatic heterocycles. The number of carbonyl (C=O) groups is 3. The maximum Gasteiger partial charge on any atom is 0.308 e. The molecule has 1 aromatic heterocycles. The highest BCUT2D eigenvalue weighted by Gasteiger charge is 2.56. The average molecular weight is 675 g/mol. The molecular weight excluding hydrogens is 653 g/mol. The number of nitrogens with zero attached hydrogens (tertiary/aromatic N) is 2. The van der Waals surface area contributed by atoms with Crippen LogP contribution in [0.25, 0.3) is 10.8 Å². The molecule has 3 amide bonds. The van der Waals surface area contributed by atoms with Crippen molar-refractivity contribution < 1.29 is 18.8 Å². The number of thiazole rings is 1. The third-order valence-electron chi connectivity index (χ3n) is 7.73. The van der Waals surface area contributed by atoms with Crippen LogP contribution in [0.15, 0.2) is 105 Å². The van der Waals surface area contributed by atoms with Gasteiger partial charge in [-0.2, -0.15) is 0 Å². The molecule has 0 aliphatic carbocycles. The largest absolute Gasteiger partial charge is 0.324 e. The van der Waals surface area contributed by atoms with Gasteiger partial charge in [0.25, 0.3) is 0 Å². The van der Waals surface area contributed by atoms with Crippen LogP contribution >= 0.6 is 39.0 Å². The molecule has 0 bridgehead atoms. The van der Waals surface area contributed by atoms with Crippen molar-refractivity contribution in [1.82, 2.24) is 4.57 Å². The molecule has 2 unspecified atom stereocenters. The Kier molecular flexibility index (Phi) is 7.03. The Morgan fingerprint density at radius 1 is 0.884 bits per heavy atom. The van der Waals surface area contributed by atoms with Gasteiger partial charge in [-0.3, -0.25) is 23.7 Å². The van der Waals surface area contributed by atoms with E-state index in [1.54, 1.807) is 0 Å². The number of amides is 3. The highest BCUT2D eigenvalue weighted by molar-refractivity contribution is 9.10. The van der Waals surface area contributed by atoms with Crippen LogP contribution in [0.5, 0.6) is 0 Å². The topological polar surface area (TPSA) is 88.5 Å². The number of benzene rings is 4. The Morgan fingerprint density at radius 2 is 1.60 bits per heavy atom. The number of rotatable bonds is 5. The molecule has 2 aliphatic rings. The van der Waals surface area contributed by atoms with E-state index in [1.807, 2.05) is 66.7 Å². The lowest BCUT2D eigenvalue weighted by atomic mass is 9.83. The Balaban J connectivity index is 1.28. The van der Waals surface area contributed by atoms with E-state index in [-0.39, 0.29) is 23.0 Å². The smallest absolute Gasteiger partial charge is 0.308 e. The van der Waals surface area contributed by atoms with Gasteiger partial charge in [0.1, 0.15) is 17.6 Å². The fourth-order valence-electron chi connectivity index (χ4n) is 5.80. The fraction of sp³-hybridized carbons (Fsp3) is 0.125. The average Bonchev–Trinajstić information content (AvgIpc) is 3.44. The lowest BCUT2D eigenvalue weighted by Crippen LogP contribution is -2.33. The van der Waals surface area contributed by atoms with E-state index in [1.165, 1.54) is 28.8 Å². The van der Waals surface area contributed by atoms with Crippen molar-refractivity contribution in [2.24, 2.45) is 5.92 Å². The van der Waals surface area contributed by atoms with Crippen molar-refractivity contribution in [3.8, 4) is 0 Å². The van der Waals surface area contributed by atoms with Gasteiger partial charge < -0.3 is 5.32 Å². The minimum atomic E-state index is -0.833. The summed E-state index contributed by atoms with van der Waals surface area (Å²) < 4.78 is 15.9. The lowest BCUT2D eigenvalue weighted by molar-refractivity contribution is -0.122. The van der Waals surface area contributed by atoms with Gasteiger partial charge >= 0.3 is 4.87 Å². The molecule has 1 fully saturated rings. The fourth-order valence-corrected chi connectivity index (χ4v) is 8.83. The van der Waals surface area contributed by atoms with Crippen molar-refractivity contribution in [2.75, 3.05) is 10.2 Å². The molecule has 1 N–H and O–H groups in total. The third kappa shape index (κ3) is 4.81. The number of carbonyl (C=O) groups excluding carboxylic acids is 3. The highest BCUT2D eigenvalue weighted by Crippen LogP contribution is 2.54. The van der Waals surface area contributed by atoms with E-state index in [0.717, 1.165) is 48.8 Å². The van der Waals surface area contributed by atoms with Gasteiger partial charge in [-0.25, -0.2) is 9.29 Å². The predicted molar refractivity (Wildman–Crippen MR) is 169 cm³/mol. The van der Waals surface area contributed by atoms with Crippen molar-refractivity contribution in [2.45, 2.75) is 22.7 Å². The molecule has 3 atom stereocenters. The molecule has 7 nitrogen and oxygen atoms in total. The van der Waals surface area contributed by atoms with E-state index in [0.29, 0.717) is 15.6 Å². The second kappa shape index (κ2) is 10.9. The van der Waals surface area contributed by atoms with Gasteiger partial charge in [0.15, 0.2) is 0 Å². The molecule has 0 radical (unpaired) electrons. The molecule has 0 spiro atoms. The molecule has 11 heteroatoms. The number of hydrogen-bond donors (Lipinski definition) is 1. The second-order valence-corrected chi connectivity index (χ2v) is 13.3. The van der Waals surface area contributed by atoms with Crippen LogP contribution in [0.2, 0.25) is 0 Å². The zero-order valence-corrected chi connectivity index (χ0v) is 25.4. The first-order chi connectivity index (χ1) is 20.8. The van der Waals surface area contributed by atoms with E-state index in [9.17, 15) is 23.6 Å². The molecule has 3 heterocycles. The molecule has 214 valence electrons. The maximum absolute atomic E-state index is 13.9. The summed E-state index contributed by atoms with van der Waals surface area (Å²) in [4.78, 5) is 55.8. The summed E-state index contributed by atoms with van der Waals surface area (Å²) in [6, 6.07) is 26.0. The molecule has 43 heavy (non-hydrogen) atoms. The van der Waals surface area contributed by atoms with Gasteiger partial charge in [-0.05, 0) is 53.4 Å². The Labute approximate surface area is 261 Å². The molecular formula is C32H21BrFN3O4S2. The SMILES string of the molecule is O=C(Cn1c2c(sc1=O)[C@H](c1ccc(Br)cc1)C1C(=O)N(c3ccc(F)cc3)C(=O)C1S2)Nc1cccc2ccccc12. The Morgan fingerprint density at radius 3 is 2.37 bits per heavy atom. The summed E-state index contributed by atoms with van der Waals surface area (Å²) in [6.45, 7) is -0.255. The third-order valence-corrected chi connectivity index (χ3v) is 10.9. The first-order valence-corrected chi connectivity index (χ1v) is 15.9. The van der Waals surface area contributed by atoms with Crippen molar-refractivity contribution in [3.05, 3.63) is 121 Å². The number of anilines is 2. The Bertz CT molecular complexity index is 1990. The van der Waals surface area contributed by atoms with E-state index in [2.05, 4.69) is 21.2 Å². The summed E-state index contributed by atoms with van der Waals surface area (Å²) in [5.74, 6) is -3.08. The number of nitrogens with one attached hydrogen (secondary N) is 1. The van der Waals surface area contributed by atoms with Crippen LogP contribution < -0.4 is 15.1 Å². The van der Waals surface area contributed by atoms with Crippen LogP contribution in [0.4, 0.5) is 15.8 Å². The van der Waals surface area contributed by atoms with Gasteiger partial charge in [-0.15, -0.1) is 0 Å². The first-order valence-electron chi connectivity index (χ1n) is 13.4. The van der Waals surface area contributed by atoms with Crippen molar-refractivity contribution in [1.29, 1.82) is 0 Å². The summed E-state index contributed by atoms with van der Waals surface area (Å²) >= 11 is 5.58. The summed E-state index contributed by atoms with van der Waals surface area (Å²) in [7, 11) is 0. The number of aromatic nitrogens is 1. The van der Waals surface area contributed by atoms with Gasteiger partial charge in [0.05, 0.1) is 16.6 Å². The standard InChI is InChI=1S/C32H21BrFN3O4S2/c33-19-10-8-18(9-11-19)25-26-27(30(40)37(29(26)39)21-14-12-20(34)13-15-21)42-31-28(25)43-32(41)36(31)16-24(38)35-23-7-3-5-17-4-1-2-6-22(17)23/h1-15,25-27H,16H2,(H,35,38)/t25-,26?,27?/m1/s1. The zero-order chi connectivity index (χ0) is 29.8. The number of imide groups is 1. The van der Waals surface area contributed by atoms with Gasteiger partial charge in [0, 0.05) is 26.3 Å². The van der Waals surface area contributed by atoms with Gasteiger partial charge in [0.2, 0.25) is 17.7 Å². The van der Waals surface area contributed by atoms with E-state index in [4.69, 9.17) is 0 Å². The Hall–Kier alpha value is -4.06. The summed E-state index contributed by atoms with van der Waals surface area (Å²) in [6.07, 6.45) is 0. The second-order valence-electron chi connectivity index (χ2n) is 10.3. The highest BCUT2D eigenvalue weighted by atomic mass is 79.9. The van der Waals surface area contributed by atoms with Crippen LogP contribution in [-0.4, -0.2) is 27.5 Å². The molecule has 4 aromatic carbocycles.